The molecule has 1 aromatic carbocycles. The van der Waals surface area contributed by atoms with E-state index in [-0.39, 0.29) is 11.5 Å². The van der Waals surface area contributed by atoms with Crippen LogP contribution in [0.4, 0.5) is 0 Å². The van der Waals surface area contributed by atoms with Gasteiger partial charge < -0.3 is 10.4 Å². The first-order chi connectivity index (χ1) is 9.29. The van der Waals surface area contributed by atoms with Crippen molar-refractivity contribution in [3.8, 4) is 0 Å². The van der Waals surface area contributed by atoms with Crippen molar-refractivity contribution in [3.63, 3.8) is 0 Å². The van der Waals surface area contributed by atoms with Crippen LogP contribution in [-0.4, -0.2) is 24.3 Å². The molecule has 0 bridgehead atoms. The van der Waals surface area contributed by atoms with Crippen molar-refractivity contribution in [2.45, 2.75) is 53.1 Å². The number of aliphatic hydroxyl groups excluding tert-OH is 1. The van der Waals surface area contributed by atoms with Crippen molar-refractivity contribution in [2.24, 2.45) is 11.3 Å². The molecule has 1 aromatic rings. The van der Waals surface area contributed by atoms with Gasteiger partial charge in [0, 0.05) is 13.1 Å². The van der Waals surface area contributed by atoms with E-state index in [1.165, 1.54) is 5.56 Å². The van der Waals surface area contributed by atoms with Crippen molar-refractivity contribution < 1.29 is 5.11 Å². The topological polar surface area (TPSA) is 32.3 Å². The van der Waals surface area contributed by atoms with Crippen LogP contribution in [0.1, 0.15) is 52.5 Å². The summed E-state index contributed by atoms with van der Waals surface area (Å²) in [5, 5.41) is 13.5. The van der Waals surface area contributed by atoms with Crippen LogP contribution in [0.2, 0.25) is 0 Å². The zero-order valence-electron chi connectivity index (χ0n) is 13.7. The largest absolute Gasteiger partial charge is 0.392 e. The monoisotopic (exact) mass is 277 g/mol. The molecule has 2 nitrogen and oxygen atoms in total. The van der Waals surface area contributed by atoms with Crippen LogP contribution in [0.15, 0.2) is 30.3 Å². The summed E-state index contributed by atoms with van der Waals surface area (Å²) in [5.74, 6) is 1.09. The first-order valence-corrected chi connectivity index (χ1v) is 7.73. The molecule has 0 fully saturated rings. The van der Waals surface area contributed by atoms with Gasteiger partial charge in [0.15, 0.2) is 0 Å². The van der Waals surface area contributed by atoms with Gasteiger partial charge >= 0.3 is 0 Å². The van der Waals surface area contributed by atoms with Gasteiger partial charge in [-0.1, -0.05) is 65.0 Å². The molecule has 20 heavy (non-hydrogen) atoms. The number of benzene rings is 1. The molecular formula is C18H31NO. The molecule has 1 rings (SSSR count). The minimum atomic E-state index is -0.265. The molecular weight excluding hydrogens is 246 g/mol. The third-order valence-corrected chi connectivity index (χ3v) is 3.62. The van der Waals surface area contributed by atoms with Crippen molar-refractivity contribution in [2.75, 3.05) is 13.1 Å². The van der Waals surface area contributed by atoms with Crippen molar-refractivity contribution in [1.29, 1.82) is 0 Å². The quantitative estimate of drug-likeness (QED) is 0.794. The van der Waals surface area contributed by atoms with E-state index in [4.69, 9.17) is 0 Å². The van der Waals surface area contributed by atoms with Gasteiger partial charge in [-0.3, -0.25) is 0 Å². The summed E-state index contributed by atoms with van der Waals surface area (Å²) in [7, 11) is 0. The van der Waals surface area contributed by atoms with Gasteiger partial charge in [0.25, 0.3) is 0 Å². The molecule has 0 aliphatic carbocycles. The lowest BCUT2D eigenvalue weighted by Gasteiger charge is -2.25. The molecule has 0 radical (unpaired) electrons. The molecule has 0 spiro atoms. The predicted molar refractivity (Wildman–Crippen MR) is 87.0 cm³/mol. The third kappa shape index (κ3) is 6.53. The van der Waals surface area contributed by atoms with Crippen LogP contribution in [0.5, 0.6) is 0 Å². The Morgan fingerprint density at radius 1 is 1.05 bits per heavy atom. The van der Waals surface area contributed by atoms with Crippen LogP contribution in [0, 0.1) is 11.3 Å². The second-order valence-corrected chi connectivity index (χ2v) is 7.34. The average Bonchev–Trinajstić information content (AvgIpc) is 2.33. The zero-order valence-corrected chi connectivity index (χ0v) is 13.7. The smallest absolute Gasteiger partial charge is 0.0669 e. The highest BCUT2D eigenvalue weighted by Crippen LogP contribution is 2.24. The van der Waals surface area contributed by atoms with E-state index in [2.05, 4.69) is 70.3 Å². The van der Waals surface area contributed by atoms with E-state index < -0.39 is 0 Å². The zero-order chi connectivity index (χ0) is 15.2. The van der Waals surface area contributed by atoms with Gasteiger partial charge in [-0.05, 0) is 29.2 Å². The molecule has 0 saturated heterocycles. The third-order valence-electron chi connectivity index (χ3n) is 3.62. The van der Waals surface area contributed by atoms with Gasteiger partial charge in [-0.2, -0.15) is 0 Å². The van der Waals surface area contributed by atoms with E-state index in [0.717, 1.165) is 13.0 Å². The van der Waals surface area contributed by atoms with Crippen molar-refractivity contribution >= 4 is 0 Å². The van der Waals surface area contributed by atoms with Crippen LogP contribution in [-0.2, 0) is 0 Å². The highest BCUT2D eigenvalue weighted by Gasteiger charge is 2.18. The fraction of sp³-hybridized carbons (Fsp3) is 0.667. The summed E-state index contributed by atoms with van der Waals surface area (Å²) in [6, 6.07) is 10.6. The normalized spacial score (nSPS) is 15.3. The minimum absolute atomic E-state index is 0.179. The standard InChI is InChI=1S/C18H31NO/c1-14(2)17(15-9-7-6-8-10-15)13-19-12-16(20)11-18(3,4)5/h6-10,14,16-17,19-20H,11-13H2,1-5H3. The molecule has 2 unspecified atom stereocenters. The van der Waals surface area contributed by atoms with E-state index in [9.17, 15) is 5.11 Å². The maximum Gasteiger partial charge on any atom is 0.0669 e. The lowest BCUT2D eigenvalue weighted by Crippen LogP contribution is -2.33. The Kier molecular flexibility index (Phi) is 6.70. The minimum Gasteiger partial charge on any atom is -0.392 e. The summed E-state index contributed by atoms with van der Waals surface area (Å²) >= 11 is 0. The second kappa shape index (κ2) is 7.80. The lowest BCUT2D eigenvalue weighted by atomic mass is 9.87. The molecule has 0 amide bonds. The molecule has 2 heteroatoms. The van der Waals surface area contributed by atoms with Gasteiger partial charge in [0.05, 0.1) is 6.10 Å². The maximum absolute atomic E-state index is 10.0. The lowest BCUT2D eigenvalue weighted by molar-refractivity contribution is 0.119. The van der Waals surface area contributed by atoms with Crippen molar-refractivity contribution in [1.82, 2.24) is 5.32 Å². The van der Waals surface area contributed by atoms with Crippen LogP contribution in [0.25, 0.3) is 0 Å². The van der Waals surface area contributed by atoms with E-state index in [1.54, 1.807) is 0 Å². The number of aliphatic hydroxyl groups is 1. The van der Waals surface area contributed by atoms with Gasteiger partial charge in [-0.25, -0.2) is 0 Å². The first kappa shape index (κ1) is 17.2. The Morgan fingerprint density at radius 2 is 1.65 bits per heavy atom. The van der Waals surface area contributed by atoms with Gasteiger partial charge in [-0.15, -0.1) is 0 Å². The Hall–Kier alpha value is -0.860. The fourth-order valence-electron chi connectivity index (χ4n) is 2.62. The second-order valence-electron chi connectivity index (χ2n) is 7.34. The Bertz CT molecular complexity index is 367. The molecule has 0 aliphatic heterocycles. The summed E-state index contributed by atoms with van der Waals surface area (Å²) in [5.41, 5.74) is 1.55. The number of rotatable bonds is 7. The van der Waals surface area contributed by atoms with Crippen LogP contribution >= 0.6 is 0 Å². The molecule has 2 atom stereocenters. The molecule has 0 saturated carbocycles. The number of hydrogen-bond donors (Lipinski definition) is 2. The number of hydrogen-bond acceptors (Lipinski definition) is 2. The highest BCUT2D eigenvalue weighted by atomic mass is 16.3. The SMILES string of the molecule is CC(C)C(CNCC(O)CC(C)(C)C)c1ccccc1. The van der Waals surface area contributed by atoms with Crippen molar-refractivity contribution in [3.05, 3.63) is 35.9 Å². The van der Waals surface area contributed by atoms with Crippen LogP contribution < -0.4 is 5.32 Å². The van der Waals surface area contributed by atoms with E-state index >= 15 is 0 Å². The fourth-order valence-corrected chi connectivity index (χ4v) is 2.62. The summed E-state index contributed by atoms with van der Waals surface area (Å²) < 4.78 is 0. The summed E-state index contributed by atoms with van der Waals surface area (Å²) in [6.07, 6.45) is 0.566. The number of nitrogens with one attached hydrogen (secondary N) is 1. The van der Waals surface area contributed by atoms with E-state index in [0.29, 0.717) is 18.4 Å². The highest BCUT2D eigenvalue weighted by molar-refractivity contribution is 5.20. The van der Waals surface area contributed by atoms with E-state index in [1.807, 2.05) is 0 Å². The van der Waals surface area contributed by atoms with Gasteiger partial charge in [0.2, 0.25) is 0 Å². The summed E-state index contributed by atoms with van der Waals surface area (Å²) in [6.45, 7) is 12.6. The first-order valence-electron chi connectivity index (χ1n) is 7.73. The average molecular weight is 277 g/mol. The Morgan fingerprint density at radius 3 is 2.15 bits per heavy atom. The molecule has 0 aliphatic rings. The molecule has 0 aromatic heterocycles. The molecule has 2 N–H and O–H groups in total. The molecule has 0 heterocycles. The molecule has 114 valence electrons. The predicted octanol–water partition coefficient (Wildman–Crippen LogP) is 3.81. The van der Waals surface area contributed by atoms with Crippen LogP contribution in [0.3, 0.4) is 0 Å². The Labute approximate surface area is 124 Å². The summed E-state index contributed by atoms with van der Waals surface area (Å²) in [4.78, 5) is 0. The van der Waals surface area contributed by atoms with Gasteiger partial charge in [0.1, 0.15) is 0 Å². The maximum atomic E-state index is 10.0. The Balaban J connectivity index is 2.45.